The first-order valence-electron chi connectivity index (χ1n) is 8.91. The Balaban J connectivity index is 1.95. The van der Waals surface area contributed by atoms with Crippen LogP contribution in [0.1, 0.15) is 29.5 Å². The van der Waals surface area contributed by atoms with Crippen molar-refractivity contribution in [3.63, 3.8) is 0 Å². The fourth-order valence-electron chi connectivity index (χ4n) is 2.83. The first-order valence-corrected chi connectivity index (χ1v) is 8.91. The van der Waals surface area contributed by atoms with Crippen molar-refractivity contribution in [1.29, 1.82) is 0 Å². The summed E-state index contributed by atoms with van der Waals surface area (Å²) < 4.78 is 5.35. The molecule has 27 heavy (non-hydrogen) atoms. The van der Waals surface area contributed by atoms with E-state index in [4.69, 9.17) is 9.84 Å². The minimum Gasteiger partial charge on any atom is -0.496 e. The number of aryl methyl sites for hydroxylation is 1. The van der Waals surface area contributed by atoms with Crippen LogP contribution >= 0.6 is 0 Å². The zero-order valence-electron chi connectivity index (χ0n) is 15.7. The largest absolute Gasteiger partial charge is 0.496 e. The molecule has 3 N–H and O–H groups in total. The Bertz CT molecular complexity index is 762. The zero-order chi connectivity index (χ0) is 19.6. The van der Waals surface area contributed by atoms with Crippen LogP contribution in [0.2, 0.25) is 0 Å². The van der Waals surface area contributed by atoms with E-state index in [0.29, 0.717) is 19.4 Å². The third-order valence-electron chi connectivity index (χ3n) is 4.25. The quantitative estimate of drug-likeness (QED) is 0.632. The van der Waals surface area contributed by atoms with Crippen molar-refractivity contribution in [2.45, 2.75) is 38.8 Å². The van der Waals surface area contributed by atoms with Gasteiger partial charge in [-0.3, -0.25) is 4.79 Å². The number of benzene rings is 2. The molecule has 0 bridgehead atoms. The number of aliphatic carboxylic acids is 1. The molecule has 1 atom stereocenters. The maximum absolute atomic E-state index is 12.3. The van der Waals surface area contributed by atoms with Gasteiger partial charge in [-0.1, -0.05) is 42.5 Å². The lowest BCUT2D eigenvalue weighted by atomic mass is 10.0. The second-order valence-corrected chi connectivity index (χ2v) is 6.46. The molecular weight excluding hydrogens is 344 g/mol. The molecule has 0 heterocycles. The van der Waals surface area contributed by atoms with E-state index in [0.717, 1.165) is 22.4 Å². The van der Waals surface area contributed by atoms with Gasteiger partial charge >= 0.3 is 12.0 Å². The van der Waals surface area contributed by atoms with Gasteiger partial charge in [0.1, 0.15) is 5.75 Å². The molecular formula is C21H26N2O4. The topological polar surface area (TPSA) is 87.7 Å². The minimum absolute atomic E-state index is 0.00354. The second kappa shape index (κ2) is 10.2. The number of carboxylic acid groups (broad SMARTS) is 1. The number of carbonyl (C=O) groups is 2. The normalized spacial score (nSPS) is 11.5. The average Bonchev–Trinajstić information content (AvgIpc) is 2.65. The highest BCUT2D eigenvalue weighted by Gasteiger charge is 2.15. The van der Waals surface area contributed by atoms with Gasteiger partial charge in [-0.25, -0.2) is 4.79 Å². The van der Waals surface area contributed by atoms with Crippen molar-refractivity contribution in [2.75, 3.05) is 7.11 Å². The number of hydrogen-bond donors (Lipinski definition) is 3. The van der Waals surface area contributed by atoms with E-state index < -0.39 is 5.97 Å². The predicted octanol–water partition coefficient (Wildman–Crippen LogP) is 3.28. The van der Waals surface area contributed by atoms with Crippen molar-refractivity contribution in [2.24, 2.45) is 0 Å². The number of methoxy groups -OCH3 is 1. The summed E-state index contributed by atoms with van der Waals surface area (Å²) in [6.07, 6.45) is 0.949. The summed E-state index contributed by atoms with van der Waals surface area (Å²) in [4.78, 5) is 23.2. The molecule has 0 aliphatic heterocycles. The van der Waals surface area contributed by atoms with Crippen LogP contribution in [0.5, 0.6) is 5.75 Å². The second-order valence-electron chi connectivity index (χ2n) is 6.46. The van der Waals surface area contributed by atoms with Crippen LogP contribution in [0.3, 0.4) is 0 Å². The predicted molar refractivity (Wildman–Crippen MR) is 104 cm³/mol. The number of carboxylic acids is 1. The summed E-state index contributed by atoms with van der Waals surface area (Å²) in [5.41, 5.74) is 3.01. The van der Waals surface area contributed by atoms with Crippen LogP contribution in [0.15, 0.2) is 48.5 Å². The molecule has 2 rings (SSSR count). The Labute approximate surface area is 159 Å². The number of nitrogens with one attached hydrogen (secondary N) is 2. The highest BCUT2D eigenvalue weighted by Crippen LogP contribution is 2.19. The van der Waals surface area contributed by atoms with Crippen LogP contribution in [0.4, 0.5) is 4.79 Å². The first kappa shape index (κ1) is 20.3. The minimum atomic E-state index is -0.875. The van der Waals surface area contributed by atoms with E-state index in [1.54, 1.807) is 7.11 Å². The van der Waals surface area contributed by atoms with Crippen molar-refractivity contribution < 1.29 is 19.4 Å². The van der Waals surface area contributed by atoms with Gasteiger partial charge in [-0.2, -0.15) is 0 Å². The van der Waals surface area contributed by atoms with Gasteiger partial charge in [0, 0.05) is 24.6 Å². The highest BCUT2D eigenvalue weighted by molar-refractivity contribution is 5.74. The van der Waals surface area contributed by atoms with Gasteiger partial charge in [-0.15, -0.1) is 0 Å². The summed E-state index contributed by atoms with van der Waals surface area (Å²) in [6.45, 7) is 2.30. The number of rotatable bonds is 9. The van der Waals surface area contributed by atoms with Crippen LogP contribution in [0, 0.1) is 6.92 Å². The monoisotopic (exact) mass is 370 g/mol. The Morgan fingerprint density at radius 2 is 1.89 bits per heavy atom. The standard InChI is InChI=1S/C21H26N2O4/c1-15-8-9-17(19(12-15)27-2)14-22-21(26)23-18(10-11-20(24)25)13-16-6-4-3-5-7-16/h3-9,12,18H,10-11,13-14H2,1-2H3,(H,24,25)(H2,22,23,26). The van der Waals surface area contributed by atoms with Gasteiger partial charge in [0.15, 0.2) is 0 Å². The highest BCUT2D eigenvalue weighted by atomic mass is 16.5. The number of amides is 2. The van der Waals surface area contributed by atoms with Crippen molar-refractivity contribution >= 4 is 12.0 Å². The van der Waals surface area contributed by atoms with Gasteiger partial charge in [0.2, 0.25) is 0 Å². The molecule has 0 spiro atoms. The molecule has 2 aromatic rings. The summed E-state index contributed by atoms with van der Waals surface area (Å²) in [5, 5.41) is 14.7. The lowest BCUT2D eigenvalue weighted by molar-refractivity contribution is -0.137. The smallest absolute Gasteiger partial charge is 0.315 e. The third-order valence-corrected chi connectivity index (χ3v) is 4.25. The van der Waals surface area contributed by atoms with Crippen LogP contribution in [-0.4, -0.2) is 30.3 Å². The average molecular weight is 370 g/mol. The Morgan fingerprint density at radius 1 is 1.15 bits per heavy atom. The fraction of sp³-hybridized carbons (Fsp3) is 0.333. The number of carbonyl (C=O) groups excluding carboxylic acids is 1. The van der Waals surface area contributed by atoms with Crippen LogP contribution < -0.4 is 15.4 Å². The van der Waals surface area contributed by atoms with Crippen LogP contribution in [-0.2, 0) is 17.8 Å². The molecule has 0 fully saturated rings. The molecule has 0 saturated carbocycles. The van der Waals surface area contributed by atoms with Gasteiger partial charge in [-0.05, 0) is 37.0 Å². The lowest BCUT2D eigenvalue weighted by Crippen LogP contribution is -2.43. The zero-order valence-corrected chi connectivity index (χ0v) is 15.7. The van der Waals surface area contributed by atoms with Crippen molar-refractivity contribution in [1.82, 2.24) is 10.6 Å². The Morgan fingerprint density at radius 3 is 2.56 bits per heavy atom. The molecule has 0 saturated heterocycles. The molecule has 144 valence electrons. The van der Waals surface area contributed by atoms with Crippen molar-refractivity contribution in [3.05, 3.63) is 65.2 Å². The third kappa shape index (κ3) is 7.01. The lowest BCUT2D eigenvalue weighted by Gasteiger charge is -2.19. The molecule has 2 aromatic carbocycles. The summed E-state index contributed by atoms with van der Waals surface area (Å²) in [7, 11) is 1.60. The summed E-state index contributed by atoms with van der Waals surface area (Å²) in [5.74, 6) is -0.151. The summed E-state index contributed by atoms with van der Waals surface area (Å²) >= 11 is 0. The summed E-state index contributed by atoms with van der Waals surface area (Å²) in [6, 6.07) is 14.9. The first-order chi connectivity index (χ1) is 13.0. The van der Waals surface area contributed by atoms with Crippen LogP contribution in [0.25, 0.3) is 0 Å². The maximum atomic E-state index is 12.3. The molecule has 1 unspecified atom stereocenters. The SMILES string of the molecule is COc1cc(C)ccc1CNC(=O)NC(CCC(=O)O)Cc1ccccc1. The van der Waals surface area contributed by atoms with E-state index in [1.807, 2.05) is 55.5 Å². The molecule has 2 amide bonds. The number of hydrogen-bond acceptors (Lipinski definition) is 3. The molecule has 0 radical (unpaired) electrons. The molecule has 6 nitrogen and oxygen atoms in total. The molecule has 6 heteroatoms. The Kier molecular flexibility index (Phi) is 7.67. The van der Waals surface area contributed by atoms with Gasteiger partial charge in [0.05, 0.1) is 7.11 Å². The molecule has 0 aliphatic carbocycles. The van der Waals surface area contributed by atoms with E-state index >= 15 is 0 Å². The van der Waals surface area contributed by atoms with E-state index in [-0.39, 0.29) is 18.5 Å². The fourth-order valence-corrected chi connectivity index (χ4v) is 2.83. The maximum Gasteiger partial charge on any atom is 0.315 e. The molecule has 0 aliphatic rings. The number of urea groups is 1. The molecule has 0 aromatic heterocycles. The van der Waals surface area contributed by atoms with E-state index in [9.17, 15) is 9.59 Å². The Hall–Kier alpha value is -3.02. The van der Waals surface area contributed by atoms with Gasteiger partial charge < -0.3 is 20.5 Å². The van der Waals surface area contributed by atoms with E-state index in [1.165, 1.54) is 0 Å². The number of ether oxygens (including phenoxy) is 1. The van der Waals surface area contributed by atoms with Gasteiger partial charge in [0.25, 0.3) is 0 Å². The van der Waals surface area contributed by atoms with E-state index in [2.05, 4.69) is 10.6 Å². The van der Waals surface area contributed by atoms with Crippen molar-refractivity contribution in [3.8, 4) is 5.75 Å².